The zero-order valence-electron chi connectivity index (χ0n) is 10.7. The Morgan fingerprint density at radius 3 is 2.80 bits per heavy atom. The number of hydrogen-bond donors (Lipinski definition) is 0. The van der Waals surface area contributed by atoms with Crippen LogP contribution in [0.2, 0.25) is 0 Å². The maximum Gasteiger partial charge on any atom is 0.137 e. The summed E-state index contributed by atoms with van der Waals surface area (Å²) in [4.78, 5) is 4.54. The number of rotatable bonds is 2. The van der Waals surface area contributed by atoms with Crippen molar-refractivity contribution in [3.8, 4) is 5.69 Å². The van der Waals surface area contributed by atoms with Gasteiger partial charge < -0.3 is 0 Å². The number of para-hydroxylation sites is 1. The van der Waals surface area contributed by atoms with Crippen molar-refractivity contribution in [2.24, 2.45) is 0 Å². The summed E-state index contributed by atoms with van der Waals surface area (Å²) in [7, 11) is 0. The lowest BCUT2D eigenvalue weighted by Crippen LogP contribution is -2.00. The summed E-state index contributed by atoms with van der Waals surface area (Å²) in [6, 6.07) is 10.8. The number of aryl methyl sites for hydroxylation is 1. The molecular formula is C15H11BrClFN2. The van der Waals surface area contributed by atoms with Crippen molar-refractivity contribution >= 4 is 38.6 Å². The first-order valence-corrected chi connectivity index (χ1v) is 7.43. The lowest BCUT2D eigenvalue weighted by atomic mass is 10.2. The lowest BCUT2D eigenvalue weighted by Gasteiger charge is -2.10. The normalized spacial score (nSPS) is 11.2. The zero-order valence-corrected chi connectivity index (χ0v) is 13.0. The van der Waals surface area contributed by atoms with Gasteiger partial charge in [-0.05, 0) is 52.7 Å². The van der Waals surface area contributed by atoms with E-state index in [0.29, 0.717) is 10.4 Å². The van der Waals surface area contributed by atoms with E-state index >= 15 is 0 Å². The van der Waals surface area contributed by atoms with Crippen LogP contribution in [0.5, 0.6) is 0 Å². The third kappa shape index (κ3) is 2.13. The van der Waals surface area contributed by atoms with Gasteiger partial charge in [0, 0.05) is 5.69 Å². The first-order valence-electron chi connectivity index (χ1n) is 6.10. The van der Waals surface area contributed by atoms with Crippen LogP contribution in [0, 0.1) is 12.7 Å². The molecule has 0 spiro atoms. The molecule has 0 amide bonds. The van der Waals surface area contributed by atoms with E-state index < -0.39 is 0 Å². The van der Waals surface area contributed by atoms with E-state index in [1.54, 1.807) is 12.1 Å². The largest absolute Gasteiger partial charge is 0.295 e. The fourth-order valence-corrected chi connectivity index (χ4v) is 2.88. The third-order valence-electron chi connectivity index (χ3n) is 3.23. The van der Waals surface area contributed by atoms with Crippen molar-refractivity contribution < 1.29 is 4.39 Å². The Labute approximate surface area is 129 Å². The second-order valence-electron chi connectivity index (χ2n) is 4.54. The maximum atomic E-state index is 13.4. The monoisotopic (exact) mass is 352 g/mol. The van der Waals surface area contributed by atoms with E-state index in [9.17, 15) is 4.39 Å². The van der Waals surface area contributed by atoms with E-state index in [-0.39, 0.29) is 5.82 Å². The predicted octanol–water partition coefficient (Wildman–Crippen LogP) is 4.97. The van der Waals surface area contributed by atoms with Gasteiger partial charge in [-0.2, -0.15) is 0 Å². The molecule has 2 aromatic carbocycles. The molecule has 1 heterocycles. The first kappa shape index (κ1) is 13.6. The number of benzene rings is 2. The molecule has 102 valence electrons. The summed E-state index contributed by atoms with van der Waals surface area (Å²) in [6.45, 7) is 2.02. The van der Waals surface area contributed by atoms with Crippen molar-refractivity contribution in [2.45, 2.75) is 12.8 Å². The summed E-state index contributed by atoms with van der Waals surface area (Å²) in [5.74, 6) is 0.750. The van der Waals surface area contributed by atoms with Crippen LogP contribution in [0.4, 0.5) is 4.39 Å². The SMILES string of the molecule is Cc1cccc2nc(CCl)n(-c3ccc(F)c(Br)c3)c12. The third-order valence-corrected chi connectivity index (χ3v) is 4.08. The van der Waals surface area contributed by atoms with Crippen molar-refractivity contribution in [1.29, 1.82) is 0 Å². The highest BCUT2D eigenvalue weighted by molar-refractivity contribution is 9.10. The van der Waals surface area contributed by atoms with Crippen molar-refractivity contribution in [3.05, 3.63) is 58.1 Å². The van der Waals surface area contributed by atoms with E-state index in [1.807, 2.05) is 29.7 Å². The molecule has 3 rings (SSSR count). The number of aromatic nitrogens is 2. The Kier molecular flexibility index (Phi) is 3.52. The molecule has 1 aromatic heterocycles. The molecule has 0 fully saturated rings. The number of fused-ring (bicyclic) bond motifs is 1. The van der Waals surface area contributed by atoms with Gasteiger partial charge in [0.05, 0.1) is 21.4 Å². The quantitative estimate of drug-likeness (QED) is 0.594. The predicted molar refractivity (Wildman–Crippen MR) is 83.0 cm³/mol. The van der Waals surface area contributed by atoms with E-state index in [1.165, 1.54) is 6.07 Å². The molecule has 0 aliphatic heterocycles. The zero-order chi connectivity index (χ0) is 14.3. The van der Waals surface area contributed by atoms with Crippen LogP contribution >= 0.6 is 27.5 Å². The Morgan fingerprint density at radius 2 is 2.10 bits per heavy atom. The highest BCUT2D eigenvalue weighted by Crippen LogP contribution is 2.27. The van der Waals surface area contributed by atoms with Gasteiger partial charge in [0.1, 0.15) is 11.6 Å². The Morgan fingerprint density at radius 1 is 1.30 bits per heavy atom. The summed E-state index contributed by atoms with van der Waals surface area (Å²) < 4.78 is 15.8. The minimum atomic E-state index is -0.290. The molecule has 0 radical (unpaired) electrons. The van der Waals surface area contributed by atoms with Crippen molar-refractivity contribution in [2.75, 3.05) is 0 Å². The molecule has 3 aromatic rings. The van der Waals surface area contributed by atoms with Crippen LogP contribution in [0.3, 0.4) is 0 Å². The number of alkyl halides is 1. The molecule has 0 unspecified atom stereocenters. The number of halogens is 3. The smallest absolute Gasteiger partial charge is 0.137 e. The Bertz CT molecular complexity index is 798. The van der Waals surface area contributed by atoms with Crippen LogP contribution in [0.15, 0.2) is 40.9 Å². The second-order valence-corrected chi connectivity index (χ2v) is 5.66. The fourth-order valence-electron chi connectivity index (χ4n) is 2.33. The average Bonchev–Trinajstić information content (AvgIpc) is 2.82. The topological polar surface area (TPSA) is 17.8 Å². The fraction of sp³-hybridized carbons (Fsp3) is 0.133. The molecule has 5 heteroatoms. The molecule has 0 bridgehead atoms. The number of nitrogens with zero attached hydrogens (tertiary/aromatic N) is 2. The maximum absolute atomic E-state index is 13.4. The van der Waals surface area contributed by atoms with Crippen LogP contribution < -0.4 is 0 Å². The molecule has 0 atom stereocenters. The molecular weight excluding hydrogens is 343 g/mol. The Hall–Kier alpha value is -1.39. The standard InChI is InChI=1S/C15H11BrClFN2/c1-9-3-2-4-13-15(9)20(14(8-17)19-13)10-5-6-12(18)11(16)7-10/h2-7H,8H2,1H3. The minimum absolute atomic E-state index is 0.290. The molecule has 2 nitrogen and oxygen atoms in total. The number of hydrogen-bond acceptors (Lipinski definition) is 1. The summed E-state index contributed by atoms with van der Waals surface area (Å²) in [5.41, 5.74) is 3.83. The highest BCUT2D eigenvalue weighted by Gasteiger charge is 2.14. The van der Waals surface area contributed by atoms with Gasteiger partial charge in [0.15, 0.2) is 0 Å². The van der Waals surface area contributed by atoms with E-state index in [0.717, 1.165) is 28.1 Å². The summed E-state index contributed by atoms with van der Waals surface area (Å²) in [6.07, 6.45) is 0. The van der Waals surface area contributed by atoms with Gasteiger partial charge in [0.25, 0.3) is 0 Å². The van der Waals surface area contributed by atoms with Crippen LogP contribution in [-0.2, 0) is 5.88 Å². The van der Waals surface area contributed by atoms with Gasteiger partial charge >= 0.3 is 0 Å². The van der Waals surface area contributed by atoms with Gasteiger partial charge in [-0.25, -0.2) is 9.37 Å². The van der Waals surface area contributed by atoms with E-state index in [2.05, 4.69) is 20.9 Å². The summed E-state index contributed by atoms with van der Waals surface area (Å²) >= 11 is 9.23. The molecule has 0 aliphatic carbocycles. The van der Waals surface area contributed by atoms with Gasteiger partial charge in [-0.3, -0.25) is 4.57 Å². The molecule has 0 N–H and O–H groups in total. The minimum Gasteiger partial charge on any atom is -0.295 e. The van der Waals surface area contributed by atoms with Gasteiger partial charge in [0.2, 0.25) is 0 Å². The van der Waals surface area contributed by atoms with Crippen LogP contribution in [-0.4, -0.2) is 9.55 Å². The molecule has 0 aliphatic rings. The first-order chi connectivity index (χ1) is 9.61. The van der Waals surface area contributed by atoms with Crippen molar-refractivity contribution in [1.82, 2.24) is 9.55 Å². The lowest BCUT2D eigenvalue weighted by molar-refractivity contribution is 0.620. The highest BCUT2D eigenvalue weighted by atomic mass is 79.9. The van der Waals surface area contributed by atoms with Gasteiger partial charge in [-0.1, -0.05) is 12.1 Å². The second kappa shape index (κ2) is 5.19. The van der Waals surface area contributed by atoms with Crippen molar-refractivity contribution in [3.63, 3.8) is 0 Å². The Balaban J connectivity index is 2.36. The molecule has 0 saturated heterocycles. The average molecular weight is 354 g/mol. The van der Waals surface area contributed by atoms with Crippen LogP contribution in [0.25, 0.3) is 16.7 Å². The number of imidazole rings is 1. The van der Waals surface area contributed by atoms with Gasteiger partial charge in [-0.15, -0.1) is 11.6 Å². The summed E-state index contributed by atoms with van der Waals surface area (Å²) in [5, 5.41) is 0. The van der Waals surface area contributed by atoms with Crippen LogP contribution in [0.1, 0.15) is 11.4 Å². The molecule has 0 saturated carbocycles. The van der Waals surface area contributed by atoms with E-state index in [4.69, 9.17) is 11.6 Å². The molecule has 20 heavy (non-hydrogen) atoms.